The number of benzene rings is 1. The Kier molecular flexibility index (Phi) is 4.33. The summed E-state index contributed by atoms with van der Waals surface area (Å²) in [6.45, 7) is 6.52. The minimum Gasteiger partial charge on any atom is -0.488 e. The lowest BCUT2D eigenvalue weighted by atomic mass is 9.89. The molecule has 0 spiro atoms. The summed E-state index contributed by atoms with van der Waals surface area (Å²) in [4.78, 5) is 0. The lowest BCUT2D eigenvalue weighted by molar-refractivity contribution is 0.0937. The molecule has 1 aromatic carbocycles. The molecule has 0 aliphatic heterocycles. The lowest BCUT2D eigenvalue weighted by Crippen LogP contribution is -2.38. The number of hydrogen-bond acceptors (Lipinski definition) is 2. The first-order valence-corrected chi connectivity index (χ1v) is 5.95. The normalized spacial score (nSPS) is 13.6. The van der Waals surface area contributed by atoms with Crippen molar-refractivity contribution in [1.29, 1.82) is 0 Å². The Bertz CT molecular complexity index is 342. The largest absolute Gasteiger partial charge is 0.488 e. The molecule has 0 fully saturated rings. The van der Waals surface area contributed by atoms with E-state index in [-0.39, 0.29) is 17.3 Å². The minimum atomic E-state index is -0.325. The molecule has 0 saturated carbocycles. The van der Waals surface area contributed by atoms with E-state index in [1.54, 1.807) is 6.07 Å². The molecule has 2 N–H and O–H groups in total. The van der Waals surface area contributed by atoms with Gasteiger partial charge in [-0.25, -0.2) is 4.39 Å². The molecule has 90 valence electrons. The van der Waals surface area contributed by atoms with Crippen molar-refractivity contribution in [2.45, 2.75) is 26.9 Å². The maximum absolute atomic E-state index is 13.1. The maximum Gasteiger partial charge on any atom is 0.128 e. The number of hydrogen-bond donors (Lipinski definition) is 1. The summed E-state index contributed by atoms with van der Waals surface area (Å²) < 4.78 is 19.5. The standard InChI is InChI=1S/C12H17BrFNO/c1-12(2,3)11(7-15)16-10-5-8(13)4-9(14)6-10/h4-6,11H,7,15H2,1-3H3. The van der Waals surface area contributed by atoms with Gasteiger partial charge in [-0.15, -0.1) is 0 Å². The van der Waals surface area contributed by atoms with Gasteiger partial charge in [-0.05, 0) is 12.1 Å². The molecule has 0 saturated heterocycles. The fourth-order valence-corrected chi connectivity index (χ4v) is 1.78. The van der Waals surface area contributed by atoms with Crippen molar-refractivity contribution in [3.63, 3.8) is 0 Å². The van der Waals surface area contributed by atoms with E-state index >= 15 is 0 Å². The summed E-state index contributed by atoms with van der Waals surface area (Å²) in [6.07, 6.45) is -0.138. The van der Waals surface area contributed by atoms with Crippen LogP contribution in [-0.2, 0) is 0 Å². The third-order valence-corrected chi connectivity index (χ3v) is 2.75. The van der Waals surface area contributed by atoms with E-state index in [4.69, 9.17) is 10.5 Å². The molecule has 0 aliphatic rings. The molecule has 0 radical (unpaired) electrons. The van der Waals surface area contributed by atoms with Gasteiger partial charge in [-0.2, -0.15) is 0 Å². The minimum absolute atomic E-state index is 0.0758. The fourth-order valence-electron chi connectivity index (χ4n) is 1.34. The van der Waals surface area contributed by atoms with E-state index in [0.29, 0.717) is 16.8 Å². The predicted molar refractivity (Wildman–Crippen MR) is 67.0 cm³/mol. The Morgan fingerprint density at radius 1 is 1.38 bits per heavy atom. The quantitative estimate of drug-likeness (QED) is 0.926. The topological polar surface area (TPSA) is 35.2 Å². The molecule has 0 amide bonds. The summed E-state index contributed by atoms with van der Waals surface area (Å²) in [6, 6.07) is 4.48. The van der Waals surface area contributed by atoms with Gasteiger partial charge in [-0.1, -0.05) is 36.7 Å². The number of halogens is 2. The summed E-state index contributed by atoms with van der Waals surface area (Å²) in [5, 5.41) is 0. The molecule has 0 heterocycles. The van der Waals surface area contributed by atoms with Crippen molar-refractivity contribution in [3.05, 3.63) is 28.5 Å². The molecule has 0 bridgehead atoms. The van der Waals surface area contributed by atoms with Gasteiger partial charge in [0.15, 0.2) is 0 Å². The first kappa shape index (κ1) is 13.5. The van der Waals surface area contributed by atoms with Gasteiger partial charge in [0.1, 0.15) is 17.7 Å². The average Bonchev–Trinajstić information content (AvgIpc) is 2.10. The zero-order valence-electron chi connectivity index (χ0n) is 9.76. The first-order chi connectivity index (χ1) is 7.32. The van der Waals surface area contributed by atoms with Gasteiger partial charge in [0.25, 0.3) is 0 Å². The SMILES string of the molecule is CC(C)(C)C(CN)Oc1cc(F)cc(Br)c1. The Labute approximate surface area is 104 Å². The van der Waals surface area contributed by atoms with Crippen LogP contribution in [0.5, 0.6) is 5.75 Å². The number of rotatable bonds is 3. The highest BCUT2D eigenvalue weighted by Crippen LogP contribution is 2.27. The van der Waals surface area contributed by atoms with E-state index in [0.717, 1.165) is 0 Å². The van der Waals surface area contributed by atoms with Crippen LogP contribution in [0.2, 0.25) is 0 Å². The Morgan fingerprint density at radius 3 is 2.44 bits per heavy atom. The average molecular weight is 290 g/mol. The molecule has 4 heteroatoms. The van der Waals surface area contributed by atoms with Crippen LogP contribution >= 0.6 is 15.9 Å². The predicted octanol–water partition coefficient (Wildman–Crippen LogP) is 3.34. The molecule has 2 nitrogen and oxygen atoms in total. The molecule has 16 heavy (non-hydrogen) atoms. The Morgan fingerprint density at radius 2 is 2.00 bits per heavy atom. The number of ether oxygens (including phenoxy) is 1. The molecule has 1 rings (SSSR count). The van der Waals surface area contributed by atoms with Crippen LogP contribution in [0.15, 0.2) is 22.7 Å². The van der Waals surface area contributed by atoms with Gasteiger partial charge in [0, 0.05) is 22.5 Å². The van der Waals surface area contributed by atoms with Gasteiger partial charge in [0.2, 0.25) is 0 Å². The van der Waals surface area contributed by atoms with E-state index in [9.17, 15) is 4.39 Å². The second-order valence-electron chi connectivity index (χ2n) is 4.81. The van der Waals surface area contributed by atoms with Crippen molar-refractivity contribution in [2.24, 2.45) is 11.1 Å². The molecular weight excluding hydrogens is 273 g/mol. The Hall–Kier alpha value is -0.610. The van der Waals surface area contributed by atoms with Gasteiger partial charge in [0.05, 0.1) is 0 Å². The van der Waals surface area contributed by atoms with Crippen LogP contribution in [0.1, 0.15) is 20.8 Å². The van der Waals surface area contributed by atoms with Gasteiger partial charge >= 0.3 is 0 Å². The Balaban J connectivity index is 2.86. The fraction of sp³-hybridized carbons (Fsp3) is 0.500. The summed E-state index contributed by atoms with van der Waals surface area (Å²) in [5.41, 5.74) is 5.58. The highest BCUT2D eigenvalue weighted by Gasteiger charge is 2.25. The van der Waals surface area contributed by atoms with Crippen LogP contribution < -0.4 is 10.5 Å². The highest BCUT2D eigenvalue weighted by atomic mass is 79.9. The van der Waals surface area contributed by atoms with Gasteiger partial charge < -0.3 is 10.5 Å². The lowest BCUT2D eigenvalue weighted by Gasteiger charge is -2.30. The summed E-state index contributed by atoms with van der Waals surface area (Å²) in [7, 11) is 0. The van der Waals surface area contributed by atoms with Crippen molar-refractivity contribution in [2.75, 3.05) is 6.54 Å². The van der Waals surface area contributed by atoms with Gasteiger partial charge in [-0.3, -0.25) is 0 Å². The van der Waals surface area contributed by atoms with Crippen LogP contribution in [0, 0.1) is 11.2 Å². The van der Waals surface area contributed by atoms with Crippen LogP contribution in [0.3, 0.4) is 0 Å². The van der Waals surface area contributed by atoms with Crippen LogP contribution in [0.4, 0.5) is 4.39 Å². The van der Waals surface area contributed by atoms with Crippen molar-refractivity contribution in [1.82, 2.24) is 0 Å². The van der Waals surface area contributed by atoms with Crippen LogP contribution in [-0.4, -0.2) is 12.6 Å². The zero-order valence-corrected chi connectivity index (χ0v) is 11.3. The third-order valence-electron chi connectivity index (χ3n) is 2.29. The number of nitrogens with two attached hydrogens (primary N) is 1. The molecule has 1 atom stereocenters. The second-order valence-corrected chi connectivity index (χ2v) is 5.73. The van der Waals surface area contributed by atoms with Crippen molar-refractivity contribution >= 4 is 15.9 Å². The maximum atomic E-state index is 13.1. The third kappa shape index (κ3) is 3.76. The molecule has 1 aromatic rings. The van der Waals surface area contributed by atoms with E-state index in [1.165, 1.54) is 12.1 Å². The molecule has 0 aromatic heterocycles. The van der Waals surface area contributed by atoms with Crippen molar-refractivity contribution in [3.8, 4) is 5.75 Å². The molecule has 0 aliphatic carbocycles. The molecular formula is C12H17BrFNO. The smallest absolute Gasteiger partial charge is 0.128 e. The van der Waals surface area contributed by atoms with E-state index in [1.807, 2.05) is 20.8 Å². The van der Waals surface area contributed by atoms with E-state index < -0.39 is 0 Å². The summed E-state index contributed by atoms with van der Waals surface area (Å²) >= 11 is 3.22. The van der Waals surface area contributed by atoms with Crippen molar-refractivity contribution < 1.29 is 9.13 Å². The highest BCUT2D eigenvalue weighted by molar-refractivity contribution is 9.10. The zero-order chi connectivity index (χ0) is 12.3. The summed E-state index contributed by atoms with van der Waals surface area (Å²) in [5.74, 6) is 0.173. The second kappa shape index (κ2) is 5.15. The monoisotopic (exact) mass is 289 g/mol. The molecule has 1 unspecified atom stereocenters. The first-order valence-electron chi connectivity index (χ1n) is 5.16. The van der Waals surface area contributed by atoms with E-state index in [2.05, 4.69) is 15.9 Å². The van der Waals surface area contributed by atoms with Crippen LogP contribution in [0.25, 0.3) is 0 Å².